The van der Waals surface area contributed by atoms with Crippen molar-refractivity contribution < 1.29 is 13.2 Å². The van der Waals surface area contributed by atoms with Gasteiger partial charge in [-0.2, -0.15) is 0 Å². The van der Waals surface area contributed by atoms with Crippen LogP contribution in [0.15, 0.2) is 41.4 Å². The van der Waals surface area contributed by atoms with E-state index in [1.165, 1.54) is 6.07 Å². The zero-order valence-electron chi connectivity index (χ0n) is 11.7. The van der Waals surface area contributed by atoms with Crippen molar-refractivity contribution in [3.8, 4) is 11.3 Å². The van der Waals surface area contributed by atoms with E-state index in [0.29, 0.717) is 17.8 Å². The van der Waals surface area contributed by atoms with Gasteiger partial charge >= 0.3 is 0 Å². The first-order valence-electron chi connectivity index (χ1n) is 6.34. The van der Waals surface area contributed by atoms with E-state index in [0.717, 1.165) is 11.8 Å². The van der Waals surface area contributed by atoms with Gasteiger partial charge in [0, 0.05) is 23.9 Å². The van der Waals surface area contributed by atoms with Crippen molar-refractivity contribution in [3.05, 3.63) is 36.4 Å². The van der Waals surface area contributed by atoms with Gasteiger partial charge in [-0.25, -0.2) is 8.42 Å². The minimum atomic E-state index is -3.36. The molecule has 0 saturated carbocycles. The van der Waals surface area contributed by atoms with E-state index < -0.39 is 9.84 Å². The van der Waals surface area contributed by atoms with Crippen LogP contribution in [-0.4, -0.2) is 30.8 Å². The number of nitrogens with one attached hydrogen (secondary N) is 1. The molecule has 2 aromatic rings. The zero-order chi connectivity index (χ0) is 15.5. The summed E-state index contributed by atoms with van der Waals surface area (Å²) in [6.45, 7) is 1.77. The molecule has 0 aliphatic heterocycles. The number of aromatic nitrogens is 2. The molecule has 1 N–H and O–H groups in total. The number of rotatable bonds is 4. The van der Waals surface area contributed by atoms with E-state index in [-0.39, 0.29) is 10.9 Å². The van der Waals surface area contributed by atoms with Gasteiger partial charge in [-0.05, 0) is 24.3 Å². The molecule has 1 amide bonds. The van der Waals surface area contributed by atoms with Crippen LogP contribution in [-0.2, 0) is 14.6 Å². The van der Waals surface area contributed by atoms with E-state index in [1.54, 1.807) is 31.2 Å². The first-order chi connectivity index (χ1) is 9.90. The van der Waals surface area contributed by atoms with Gasteiger partial charge in [-0.3, -0.25) is 4.79 Å². The SMILES string of the molecule is CCC(=O)Nc1cccc(-c2ccc(S(C)(=O)=O)nn2)c1. The normalized spacial score (nSPS) is 11.1. The van der Waals surface area contributed by atoms with E-state index in [4.69, 9.17) is 0 Å². The minimum Gasteiger partial charge on any atom is -0.326 e. The summed E-state index contributed by atoms with van der Waals surface area (Å²) in [6.07, 6.45) is 1.48. The molecule has 7 heteroatoms. The molecule has 1 aromatic heterocycles. The molecule has 110 valence electrons. The van der Waals surface area contributed by atoms with Crippen molar-refractivity contribution in [1.82, 2.24) is 10.2 Å². The highest BCUT2D eigenvalue weighted by Crippen LogP contribution is 2.21. The molecule has 1 aromatic carbocycles. The first kappa shape index (κ1) is 15.1. The van der Waals surface area contributed by atoms with Crippen LogP contribution in [0.2, 0.25) is 0 Å². The smallest absolute Gasteiger partial charge is 0.224 e. The third-order valence-electron chi connectivity index (χ3n) is 2.78. The molecule has 0 radical (unpaired) electrons. The van der Waals surface area contributed by atoms with Gasteiger partial charge in [0.05, 0.1) is 5.69 Å². The molecule has 0 saturated heterocycles. The standard InChI is InChI=1S/C14H15N3O3S/c1-3-13(18)15-11-6-4-5-10(9-11)12-7-8-14(17-16-12)21(2,19)20/h4-9H,3H2,1-2H3,(H,15,18). The maximum Gasteiger partial charge on any atom is 0.224 e. The average molecular weight is 305 g/mol. The van der Waals surface area contributed by atoms with Gasteiger partial charge in [0.1, 0.15) is 0 Å². The number of benzene rings is 1. The molecule has 6 nitrogen and oxygen atoms in total. The van der Waals surface area contributed by atoms with Crippen LogP contribution in [0.1, 0.15) is 13.3 Å². The average Bonchev–Trinajstić information content (AvgIpc) is 2.46. The minimum absolute atomic E-state index is 0.0679. The van der Waals surface area contributed by atoms with Crippen LogP contribution >= 0.6 is 0 Å². The fraction of sp³-hybridized carbons (Fsp3) is 0.214. The lowest BCUT2D eigenvalue weighted by molar-refractivity contribution is -0.115. The zero-order valence-corrected chi connectivity index (χ0v) is 12.5. The van der Waals surface area contributed by atoms with Gasteiger partial charge < -0.3 is 5.32 Å². The Balaban J connectivity index is 2.30. The van der Waals surface area contributed by atoms with E-state index in [2.05, 4.69) is 15.5 Å². The van der Waals surface area contributed by atoms with E-state index in [1.807, 2.05) is 6.07 Å². The van der Waals surface area contributed by atoms with E-state index >= 15 is 0 Å². The van der Waals surface area contributed by atoms with E-state index in [9.17, 15) is 13.2 Å². The number of carbonyl (C=O) groups is 1. The number of anilines is 1. The van der Waals surface area contributed by atoms with Crippen molar-refractivity contribution in [2.45, 2.75) is 18.4 Å². The predicted octanol–water partition coefficient (Wildman–Crippen LogP) is 1.90. The molecule has 0 fully saturated rings. The van der Waals surface area contributed by atoms with Gasteiger partial charge in [-0.15, -0.1) is 10.2 Å². The number of hydrogen-bond donors (Lipinski definition) is 1. The number of sulfone groups is 1. The summed E-state index contributed by atoms with van der Waals surface area (Å²) in [5, 5.41) is 10.3. The van der Waals surface area contributed by atoms with Crippen LogP contribution in [0.3, 0.4) is 0 Å². The summed E-state index contributed by atoms with van der Waals surface area (Å²) in [5.74, 6) is -0.0781. The van der Waals surface area contributed by atoms with Gasteiger partial charge in [0.15, 0.2) is 14.9 Å². The van der Waals surface area contributed by atoms with Crippen molar-refractivity contribution >= 4 is 21.4 Å². The molecular formula is C14H15N3O3S. The van der Waals surface area contributed by atoms with Crippen LogP contribution < -0.4 is 5.32 Å². The van der Waals surface area contributed by atoms with Crippen LogP contribution in [0.4, 0.5) is 5.69 Å². The monoisotopic (exact) mass is 305 g/mol. The number of carbonyl (C=O) groups excluding carboxylic acids is 1. The third-order valence-corrected chi connectivity index (χ3v) is 3.76. The van der Waals surface area contributed by atoms with Gasteiger partial charge in [-0.1, -0.05) is 19.1 Å². The van der Waals surface area contributed by atoms with Crippen molar-refractivity contribution in [2.24, 2.45) is 0 Å². The molecule has 0 atom stereocenters. The maximum absolute atomic E-state index is 11.4. The van der Waals surface area contributed by atoms with Crippen LogP contribution in [0.5, 0.6) is 0 Å². The summed E-state index contributed by atoms with van der Waals surface area (Å²) < 4.78 is 22.7. The Hall–Kier alpha value is -2.28. The number of amides is 1. The highest BCUT2D eigenvalue weighted by atomic mass is 32.2. The fourth-order valence-corrected chi connectivity index (χ4v) is 2.18. The largest absolute Gasteiger partial charge is 0.326 e. The molecule has 21 heavy (non-hydrogen) atoms. The summed E-state index contributed by atoms with van der Waals surface area (Å²) in [6, 6.07) is 10.1. The predicted molar refractivity (Wildman–Crippen MR) is 79.5 cm³/mol. The Bertz CT molecular complexity index is 755. The Labute approximate surface area is 123 Å². The van der Waals surface area contributed by atoms with Crippen LogP contribution in [0.25, 0.3) is 11.3 Å². The lowest BCUT2D eigenvalue weighted by atomic mass is 10.1. The summed E-state index contributed by atoms with van der Waals surface area (Å²) >= 11 is 0. The van der Waals surface area contributed by atoms with Crippen molar-refractivity contribution in [1.29, 1.82) is 0 Å². The molecule has 0 aliphatic carbocycles. The second-order valence-electron chi connectivity index (χ2n) is 4.51. The molecular weight excluding hydrogens is 290 g/mol. The van der Waals surface area contributed by atoms with Crippen LogP contribution in [0, 0.1) is 0 Å². The Kier molecular flexibility index (Phi) is 4.32. The topological polar surface area (TPSA) is 89.0 Å². The number of hydrogen-bond acceptors (Lipinski definition) is 5. The lowest BCUT2D eigenvalue weighted by Crippen LogP contribution is -2.09. The molecule has 2 rings (SSSR count). The summed E-state index contributed by atoms with van der Waals surface area (Å²) in [4.78, 5) is 11.4. The molecule has 0 bridgehead atoms. The third kappa shape index (κ3) is 3.85. The molecule has 0 spiro atoms. The fourth-order valence-electron chi connectivity index (χ4n) is 1.68. The van der Waals surface area contributed by atoms with Gasteiger partial charge in [0.25, 0.3) is 0 Å². The highest BCUT2D eigenvalue weighted by Gasteiger charge is 2.10. The first-order valence-corrected chi connectivity index (χ1v) is 8.23. The Morgan fingerprint density at radius 2 is 1.95 bits per heavy atom. The second-order valence-corrected chi connectivity index (χ2v) is 6.47. The number of nitrogens with zero attached hydrogens (tertiary/aromatic N) is 2. The Morgan fingerprint density at radius 1 is 1.19 bits per heavy atom. The van der Waals surface area contributed by atoms with Crippen molar-refractivity contribution in [2.75, 3.05) is 11.6 Å². The Morgan fingerprint density at radius 3 is 2.52 bits per heavy atom. The molecule has 0 unspecified atom stereocenters. The van der Waals surface area contributed by atoms with Crippen molar-refractivity contribution in [3.63, 3.8) is 0 Å². The maximum atomic E-state index is 11.4. The summed E-state index contributed by atoms with van der Waals surface area (Å²) in [7, 11) is -3.36. The quantitative estimate of drug-likeness (QED) is 0.931. The molecule has 0 aliphatic rings. The van der Waals surface area contributed by atoms with Gasteiger partial charge in [0.2, 0.25) is 5.91 Å². The lowest BCUT2D eigenvalue weighted by Gasteiger charge is -2.06. The molecule has 1 heterocycles. The summed E-state index contributed by atoms with van der Waals surface area (Å²) in [5.41, 5.74) is 1.94. The second kappa shape index (κ2) is 6.01. The highest BCUT2D eigenvalue weighted by molar-refractivity contribution is 7.90.